The number of methoxy groups -OCH3 is 1. The van der Waals surface area contributed by atoms with E-state index in [-0.39, 0.29) is 24.0 Å². The van der Waals surface area contributed by atoms with Crippen LogP contribution >= 0.6 is 0 Å². The average Bonchev–Trinajstić information content (AvgIpc) is 3.48. The van der Waals surface area contributed by atoms with Gasteiger partial charge in [-0.25, -0.2) is 4.79 Å². The van der Waals surface area contributed by atoms with Crippen LogP contribution < -0.4 is 9.80 Å². The second-order valence-corrected chi connectivity index (χ2v) is 8.56. The molecule has 1 aliphatic carbocycles. The standard InChI is InChI=1S/C23H30N4O4/c1-15(2)31-23(29)26-13-16(3)27(22(28)17-5-6-17)20-8-7-18(11-21(20)26)19-12-24-25(14-19)9-10-30-4/h7-8,11-12,14-17H,5-6,9-10,13H2,1-4H3/t16-/m0/s1. The quantitative estimate of drug-likeness (QED) is 0.704. The maximum atomic E-state index is 13.0. The molecule has 0 bridgehead atoms. The SMILES string of the molecule is COCCn1cc(-c2ccc3c(c2)N(C(=O)OC(C)C)C[C@H](C)N3C(=O)C2CC2)cn1. The van der Waals surface area contributed by atoms with Gasteiger partial charge in [-0.15, -0.1) is 0 Å². The molecule has 166 valence electrons. The number of nitrogens with zero attached hydrogens (tertiary/aromatic N) is 4. The first-order chi connectivity index (χ1) is 14.9. The van der Waals surface area contributed by atoms with Crippen LogP contribution in [-0.4, -0.2) is 54.2 Å². The van der Waals surface area contributed by atoms with E-state index in [0.717, 1.165) is 29.7 Å². The van der Waals surface area contributed by atoms with Crippen LogP contribution in [0.25, 0.3) is 11.1 Å². The van der Waals surface area contributed by atoms with Gasteiger partial charge in [-0.1, -0.05) is 6.07 Å². The van der Waals surface area contributed by atoms with Gasteiger partial charge in [-0.05, 0) is 51.3 Å². The van der Waals surface area contributed by atoms with Gasteiger partial charge < -0.3 is 14.4 Å². The predicted octanol–water partition coefficient (Wildman–Crippen LogP) is 3.69. The van der Waals surface area contributed by atoms with E-state index in [1.165, 1.54) is 0 Å². The van der Waals surface area contributed by atoms with Crippen molar-refractivity contribution in [3.8, 4) is 11.1 Å². The molecule has 0 radical (unpaired) electrons. The number of anilines is 2. The first-order valence-electron chi connectivity index (χ1n) is 10.9. The van der Waals surface area contributed by atoms with Crippen LogP contribution in [0.15, 0.2) is 30.6 Å². The molecule has 1 aliphatic heterocycles. The highest BCUT2D eigenvalue weighted by molar-refractivity contribution is 6.05. The third-order valence-electron chi connectivity index (χ3n) is 5.63. The van der Waals surface area contributed by atoms with Crippen LogP contribution in [0.3, 0.4) is 0 Å². The molecule has 2 heterocycles. The van der Waals surface area contributed by atoms with E-state index in [1.807, 2.05) is 54.7 Å². The van der Waals surface area contributed by atoms with E-state index < -0.39 is 6.09 Å². The van der Waals surface area contributed by atoms with Crippen LogP contribution in [0.1, 0.15) is 33.6 Å². The van der Waals surface area contributed by atoms with E-state index in [4.69, 9.17) is 9.47 Å². The summed E-state index contributed by atoms with van der Waals surface area (Å²) in [5, 5.41) is 4.39. The number of rotatable bonds is 6. The summed E-state index contributed by atoms with van der Waals surface area (Å²) in [6.45, 7) is 7.28. The van der Waals surface area contributed by atoms with Crippen molar-refractivity contribution in [1.82, 2.24) is 9.78 Å². The molecule has 8 heteroatoms. The maximum Gasteiger partial charge on any atom is 0.414 e. The van der Waals surface area contributed by atoms with Gasteiger partial charge in [0.25, 0.3) is 0 Å². The van der Waals surface area contributed by atoms with Crippen LogP contribution in [0.2, 0.25) is 0 Å². The summed E-state index contributed by atoms with van der Waals surface area (Å²) in [5.41, 5.74) is 3.32. The number of aromatic nitrogens is 2. The van der Waals surface area contributed by atoms with E-state index in [9.17, 15) is 9.59 Å². The molecule has 1 atom stereocenters. The number of hydrogen-bond acceptors (Lipinski definition) is 5. The van der Waals surface area contributed by atoms with Crippen molar-refractivity contribution in [2.24, 2.45) is 5.92 Å². The van der Waals surface area contributed by atoms with Crippen molar-refractivity contribution >= 4 is 23.4 Å². The van der Waals surface area contributed by atoms with Gasteiger partial charge in [0.15, 0.2) is 0 Å². The Bertz CT molecular complexity index is 966. The number of amides is 2. The van der Waals surface area contributed by atoms with E-state index >= 15 is 0 Å². The van der Waals surface area contributed by atoms with Crippen LogP contribution in [0.4, 0.5) is 16.2 Å². The van der Waals surface area contributed by atoms with E-state index in [2.05, 4.69) is 5.10 Å². The molecule has 8 nitrogen and oxygen atoms in total. The zero-order valence-electron chi connectivity index (χ0n) is 18.6. The fourth-order valence-corrected chi connectivity index (χ4v) is 3.93. The monoisotopic (exact) mass is 426 g/mol. The number of ether oxygens (including phenoxy) is 2. The summed E-state index contributed by atoms with van der Waals surface area (Å²) in [4.78, 5) is 29.4. The Hall–Kier alpha value is -2.87. The lowest BCUT2D eigenvalue weighted by atomic mass is 10.0. The molecule has 31 heavy (non-hydrogen) atoms. The molecule has 1 aromatic carbocycles. The third kappa shape index (κ3) is 4.44. The predicted molar refractivity (Wildman–Crippen MR) is 118 cm³/mol. The highest BCUT2D eigenvalue weighted by Crippen LogP contribution is 2.42. The van der Waals surface area contributed by atoms with Crippen molar-refractivity contribution in [2.45, 2.75) is 52.3 Å². The lowest BCUT2D eigenvalue weighted by molar-refractivity contribution is -0.120. The van der Waals surface area contributed by atoms with Crippen molar-refractivity contribution in [3.63, 3.8) is 0 Å². The number of carbonyl (C=O) groups excluding carboxylic acids is 2. The summed E-state index contributed by atoms with van der Waals surface area (Å²) < 4.78 is 12.4. The lowest BCUT2D eigenvalue weighted by Crippen LogP contribution is -2.52. The molecule has 1 fully saturated rings. The van der Waals surface area contributed by atoms with Gasteiger partial charge in [0.05, 0.1) is 42.9 Å². The van der Waals surface area contributed by atoms with Gasteiger partial charge in [0.1, 0.15) is 0 Å². The average molecular weight is 427 g/mol. The van der Waals surface area contributed by atoms with Crippen molar-refractivity contribution in [1.29, 1.82) is 0 Å². The van der Waals surface area contributed by atoms with Crippen molar-refractivity contribution < 1.29 is 19.1 Å². The van der Waals surface area contributed by atoms with Gasteiger partial charge in [-0.2, -0.15) is 5.10 Å². The molecule has 0 unspecified atom stereocenters. The molecule has 0 N–H and O–H groups in total. The number of fused-ring (bicyclic) bond motifs is 1. The minimum absolute atomic E-state index is 0.100. The first-order valence-corrected chi connectivity index (χ1v) is 10.9. The first kappa shape index (κ1) is 21.4. The zero-order valence-corrected chi connectivity index (χ0v) is 18.6. The Balaban J connectivity index is 1.71. The molecule has 0 saturated heterocycles. The molecule has 2 amide bonds. The molecule has 1 saturated carbocycles. The molecular formula is C23H30N4O4. The zero-order chi connectivity index (χ0) is 22.1. The van der Waals surface area contributed by atoms with E-state index in [0.29, 0.717) is 25.4 Å². The van der Waals surface area contributed by atoms with Crippen LogP contribution in [0.5, 0.6) is 0 Å². The molecule has 1 aromatic heterocycles. The van der Waals surface area contributed by atoms with E-state index in [1.54, 1.807) is 18.2 Å². The summed E-state index contributed by atoms with van der Waals surface area (Å²) in [5.74, 6) is 0.244. The van der Waals surface area contributed by atoms with Crippen molar-refractivity contribution in [2.75, 3.05) is 30.1 Å². The molecule has 4 rings (SSSR count). The molecule has 2 aromatic rings. The van der Waals surface area contributed by atoms with Crippen LogP contribution in [0, 0.1) is 5.92 Å². The Morgan fingerprint density at radius 1 is 1.19 bits per heavy atom. The van der Waals surface area contributed by atoms with Crippen molar-refractivity contribution in [3.05, 3.63) is 30.6 Å². The largest absolute Gasteiger partial charge is 0.446 e. The fourth-order valence-electron chi connectivity index (χ4n) is 3.93. The Morgan fingerprint density at radius 2 is 1.97 bits per heavy atom. The number of hydrogen-bond donors (Lipinski definition) is 0. The normalized spacial score (nSPS) is 18.3. The minimum atomic E-state index is -0.394. The van der Waals surface area contributed by atoms with Crippen LogP contribution in [-0.2, 0) is 20.8 Å². The van der Waals surface area contributed by atoms with Gasteiger partial charge in [0, 0.05) is 31.3 Å². The third-order valence-corrected chi connectivity index (χ3v) is 5.63. The summed E-state index contributed by atoms with van der Waals surface area (Å²) in [7, 11) is 1.66. The topological polar surface area (TPSA) is 76.9 Å². The second-order valence-electron chi connectivity index (χ2n) is 8.56. The molecular weight excluding hydrogens is 396 g/mol. The van der Waals surface area contributed by atoms with Gasteiger partial charge >= 0.3 is 6.09 Å². The highest BCUT2D eigenvalue weighted by atomic mass is 16.6. The Labute approximate surface area is 182 Å². The summed E-state index contributed by atoms with van der Waals surface area (Å²) in [6.07, 6.45) is 5.02. The lowest BCUT2D eigenvalue weighted by Gasteiger charge is -2.41. The smallest absolute Gasteiger partial charge is 0.414 e. The number of benzene rings is 1. The highest BCUT2D eigenvalue weighted by Gasteiger charge is 2.41. The molecule has 2 aliphatic rings. The molecule has 0 spiro atoms. The van der Waals surface area contributed by atoms with Gasteiger partial charge in [-0.3, -0.25) is 14.4 Å². The minimum Gasteiger partial charge on any atom is -0.446 e. The second kappa shape index (κ2) is 8.70. The number of carbonyl (C=O) groups is 2. The maximum absolute atomic E-state index is 13.0. The fraction of sp³-hybridized carbons (Fsp3) is 0.522. The summed E-state index contributed by atoms with van der Waals surface area (Å²) >= 11 is 0. The summed E-state index contributed by atoms with van der Waals surface area (Å²) in [6, 6.07) is 5.74. The Morgan fingerprint density at radius 3 is 2.65 bits per heavy atom. The Kier molecular flexibility index (Phi) is 6.00. The van der Waals surface area contributed by atoms with Gasteiger partial charge in [0.2, 0.25) is 5.91 Å².